The van der Waals surface area contributed by atoms with Crippen molar-refractivity contribution < 1.29 is 9.31 Å². The van der Waals surface area contributed by atoms with E-state index in [-0.39, 0.29) is 0 Å². The molecule has 1 aliphatic carbocycles. The summed E-state index contributed by atoms with van der Waals surface area (Å²) < 4.78 is 13.7. The maximum absolute atomic E-state index is 13.7. The van der Waals surface area contributed by atoms with E-state index in [2.05, 4.69) is 5.32 Å². The van der Waals surface area contributed by atoms with Crippen molar-refractivity contribution in [3.63, 3.8) is 0 Å². The van der Waals surface area contributed by atoms with Gasteiger partial charge in [0, 0.05) is 18.2 Å². The molecule has 2 rings (SSSR count). The molecule has 4 nitrogen and oxygen atoms in total. The molecule has 0 radical (unpaired) electrons. The fourth-order valence-electron chi connectivity index (χ4n) is 1.95. The maximum Gasteiger partial charge on any atom is 0.305 e. The fraction of sp³-hybridized carbons (Fsp3) is 0.500. The largest absolute Gasteiger partial charge is 0.312 e. The molecule has 0 saturated heterocycles. The highest BCUT2D eigenvalue weighted by molar-refractivity contribution is 5.36. The van der Waals surface area contributed by atoms with E-state index in [1.54, 1.807) is 6.07 Å². The Morgan fingerprint density at radius 2 is 2.24 bits per heavy atom. The van der Waals surface area contributed by atoms with Crippen LogP contribution in [-0.4, -0.2) is 11.5 Å². The highest BCUT2D eigenvalue weighted by Crippen LogP contribution is 2.25. The molecule has 1 N–H and O–H groups in total. The molecule has 1 aliphatic rings. The van der Waals surface area contributed by atoms with Crippen LogP contribution in [0.2, 0.25) is 0 Å². The molecule has 0 bridgehead atoms. The molecule has 0 amide bonds. The molecule has 0 aromatic heterocycles. The van der Waals surface area contributed by atoms with Gasteiger partial charge in [0.2, 0.25) is 5.82 Å². The molecular weight excluding hydrogens is 223 g/mol. The summed E-state index contributed by atoms with van der Waals surface area (Å²) >= 11 is 0. The maximum atomic E-state index is 13.7. The monoisotopic (exact) mass is 238 g/mol. The summed E-state index contributed by atoms with van der Waals surface area (Å²) in [4.78, 5) is 9.87. The third-order valence-electron chi connectivity index (χ3n) is 3.23. The van der Waals surface area contributed by atoms with Crippen LogP contribution in [0.3, 0.4) is 0 Å². The van der Waals surface area contributed by atoms with Gasteiger partial charge in [0.25, 0.3) is 0 Å². The number of hydrogen-bond acceptors (Lipinski definition) is 3. The van der Waals surface area contributed by atoms with E-state index in [0.717, 1.165) is 6.54 Å². The van der Waals surface area contributed by atoms with E-state index in [9.17, 15) is 14.5 Å². The summed E-state index contributed by atoms with van der Waals surface area (Å²) in [7, 11) is 0. The summed E-state index contributed by atoms with van der Waals surface area (Å²) in [5, 5.41) is 13.7. The quantitative estimate of drug-likeness (QED) is 0.633. The molecule has 0 unspecified atom stereocenters. The number of halogens is 1. The van der Waals surface area contributed by atoms with Crippen LogP contribution < -0.4 is 5.32 Å². The summed E-state index contributed by atoms with van der Waals surface area (Å²) in [6.45, 7) is 1.21. The summed E-state index contributed by atoms with van der Waals surface area (Å²) in [5.74, 6) is -0.0321. The molecule has 1 aromatic rings. The van der Waals surface area contributed by atoms with Crippen molar-refractivity contribution in [1.29, 1.82) is 0 Å². The zero-order valence-corrected chi connectivity index (χ0v) is 9.49. The normalized spacial score (nSPS) is 15.6. The number of rotatable bonds is 5. The first-order chi connectivity index (χ1) is 8.18. The van der Waals surface area contributed by atoms with Crippen LogP contribution in [0.25, 0.3) is 0 Å². The predicted octanol–water partition coefficient (Wildman–Crippen LogP) is 2.62. The second kappa shape index (κ2) is 5.23. The van der Waals surface area contributed by atoms with Gasteiger partial charge in [0.1, 0.15) is 0 Å². The Kier molecular flexibility index (Phi) is 3.68. The Morgan fingerprint density at radius 1 is 1.47 bits per heavy atom. The standard InChI is InChI=1S/C12H15FN2O2/c13-12-10(5-2-6-11(12)15(16)17)8-14-7-9-3-1-4-9/h2,5-6,9,14H,1,3-4,7-8H2. The second-order valence-electron chi connectivity index (χ2n) is 4.44. The van der Waals surface area contributed by atoms with Crippen LogP contribution in [0.15, 0.2) is 18.2 Å². The number of benzene rings is 1. The zero-order valence-electron chi connectivity index (χ0n) is 9.49. The minimum Gasteiger partial charge on any atom is -0.312 e. The molecule has 0 heterocycles. The first kappa shape index (κ1) is 12.0. The van der Waals surface area contributed by atoms with Crippen LogP contribution in [0.4, 0.5) is 10.1 Å². The first-order valence-corrected chi connectivity index (χ1v) is 5.81. The minimum atomic E-state index is -0.724. The van der Waals surface area contributed by atoms with E-state index in [1.807, 2.05) is 0 Å². The Morgan fingerprint density at radius 3 is 2.82 bits per heavy atom. The van der Waals surface area contributed by atoms with Crippen molar-refractivity contribution in [2.75, 3.05) is 6.54 Å². The third-order valence-corrected chi connectivity index (χ3v) is 3.23. The van der Waals surface area contributed by atoms with Crippen molar-refractivity contribution in [2.45, 2.75) is 25.8 Å². The topological polar surface area (TPSA) is 55.2 Å². The Balaban J connectivity index is 1.95. The molecule has 0 spiro atoms. The molecular formula is C12H15FN2O2. The molecule has 1 aromatic carbocycles. The first-order valence-electron chi connectivity index (χ1n) is 5.81. The molecule has 17 heavy (non-hydrogen) atoms. The number of nitro groups is 1. The highest BCUT2D eigenvalue weighted by atomic mass is 19.1. The molecule has 1 fully saturated rings. The Bertz CT molecular complexity index is 419. The van der Waals surface area contributed by atoms with Gasteiger partial charge >= 0.3 is 5.69 Å². The lowest BCUT2D eigenvalue weighted by molar-refractivity contribution is -0.387. The highest BCUT2D eigenvalue weighted by Gasteiger charge is 2.19. The van der Waals surface area contributed by atoms with E-state index in [4.69, 9.17) is 0 Å². The second-order valence-corrected chi connectivity index (χ2v) is 4.44. The van der Waals surface area contributed by atoms with E-state index in [1.165, 1.54) is 31.4 Å². The number of nitrogens with one attached hydrogen (secondary N) is 1. The summed E-state index contributed by atoms with van der Waals surface area (Å²) in [5.41, 5.74) is -0.0912. The summed E-state index contributed by atoms with van der Waals surface area (Å²) in [6, 6.07) is 4.28. The van der Waals surface area contributed by atoms with Crippen LogP contribution in [0.1, 0.15) is 24.8 Å². The van der Waals surface area contributed by atoms with Crippen LogP contribution >= 0.6 is 0 Å². The van der Waals surface area contributed by atoms with E-state index >= 15 is 0 Å². The lowest BCUT2D eigenvalue weighted by Gasteiger charge is -2.25. The van der Waals surface area contributed by atoms with E-state index in [0.29, 0.717) is 18.0 Å². The van der Waals surface area contributed by atoms with E-state index < -0.39 is 16.4 Å². The Hall–Kier alpha value is -1.49. The minimum absolute atomic E-state index is 0.351. The van der Waals surface area contributed by atoms with Gasteiger partial charge in [-0.15, -0.1) is 0 Å². The lowest BCUT2D eigenvalue weighted by Crippen LogP contribution is -2.27. The zero-order chi connectivity index (χ0) is 12.3. The van der Waals surface area contributed by atoms with Gasteiger partial charge in [-0.2, -0.15) is 4.39 Å². The summed E-state index contributed by atoms with van der Waals surface area (Å²) in [6.07, 6.45) is 3.73. The van der Waals surface area contributed by atoms with Gasteiger partial charge in [0.15, 0.2) is 0 Å². The SMILES string of the molecule is O=[N+]([O-])c1cccc(CNCC2CCC2)c1F. The van der Waals surface area contributed by atoms with Crippen molar-refractivity contribution in [3.8, 4) is 0 Å². The molecule has 5 heteroatoms. The fourth-order valence-corrected chi connectivity index (χ4v) is 1.95. The van der Waals surface area contributed by atoms with Crippen LogP contribution in [0.5, 0.6) is 0 Å². The number of hydrogen-bond donors (Lipinski definition) is 1. The van der Waals surface area contributed by atoms with Gasteiger partial charge in [-0.3, -0.25) is 10.1 Å². The van der Waals surface area contributed by atoms with Crippen molar-refractivity contribution in [2.24, 2.45) is 5.92 Å². The predicted molar refractivity (Wildman–Crippen MR) is 62.1 cm³/mol. The molecule has 0 atom stereocenters. The average Bonchev–Trinajstić information content (AvgIpc) is 2.23. The van der Waals surface area contributed by atoms with Gasteiger partial charge in [-0.25, -0.2) is 0 Å². The van der Waals surface area contributed by atoms with Crippen molar-refractivity contribution >= 4 is 5.69 Å². The van der Waals surface area contributed by atoms with Crippen molar-refractivity contribution in [3.05, 3.63) is 39.7 Å². The number of nitro benzene ring substituents is 1. The number of nitrogens with zero attached hydrogens (tertiary/aromatic N) is 1. The molecule has 92 valence electrons. The lowest BCUT2D eigenvalue weighted by atomic mass is 9.85. The smallest absolute Gasteiger partial charge is 0.305 e. The van der Waals surface area contributed by atoms with Crippen LogP contribution in [0, 0.1) is 21.8 Å². The molecule has 0 aliphatic heterocycles. The average molecular weight is 238 g/mol. The van der Waals surface area contributed by atoms with Gasteiger partial charge in [-0.05, 0) is 25.3 Å². The van der Waals surface area contributed by atoms with Gasteiger partial charge in [0.05, 0.1) is 4.92 Å². The van der Waals surface area contributed by atoms with Crippen LogP contribution in [-0.2, 0) is 6.54 Å². The third kappa shape index (κ3) is 2.79. The van der Waals surface area contributed by atoms with Crippen molar-refractivity contribution in [1.82, 2.24) is 5.32 Å². The molecule has 1 saturated carbocycles. The Labute approximate surface area is 99.0 Å². The van der Waals surface area contributed by atoms with Gasteiger partial charge < -0.3 is 5.32 Å². The van der Waals surface area contributed by atoms with Gasteiger partial charge in [-0.1, -0.05) is 18.6 Å².